The van der Waals surface area contributed by atoms with Gasteiger partial charge in [-0.2, -0.15) is 0 Å². The van der Waals surface area contributed by atoms with Crippen LogP contribution < -0.4 is 5.56 Å². The lowest BCUT2D eigenvalue weighted by atomic mass is 10.0. The number of aromatic nitrogens is 2. The molecule has 0 saturated heterocycles. The molecule has 4 nitrogen and oxygen atoms in total. The molecule has 0 saturated carbocycles. The smallest absolute Gasteiger partial charge is 0.263 e. The Bertz CT molecular complexity index is 1520. The van der Waals surface area contributed by atoms with Crippen LogP contribution in [0, 0.1) is 12.7 Å². The summed E-state index contributed by atoms with van der Waals surface area (Å²) in [7, 11) is 0. The summed E-state index contributed by atoms with van der Waals surface area (Å²) < 4.78 is 14.7. The van der Waals surface area contributed by atoms with Crippen LogP contribution in [0.3, 0.4) is 0 Å². The molecule has 0 spiro atoms. The minimum absolute atomic E-state index is 0.107. The van der Waals surface area contributed by atoms with Crippen LogP contribution in [-0.4, -0.2) is 15.3 Å². The third-order valence-corrected chi connectivity index (χ3v) is 6.63. The monoisotopic (exact) mass is 454 g/mol. The van der Waals surface area contributed by atoms with Gasteiger partial charge in [0.1, 0.15) is 10.6 Å². The zero-order valence-electron chi connectivity index (χ0n) is 17.8. The Morgan fingerprint density at radius 3 is 2.24 bits per heavy atom. The Balaban J connectivity index is 1.47. The quantitative estimate of drug-likeness (QED) is 0.301. The Labute approximate surface area is 193 Å². The molecule has 0 N–H and O–H groups in total. The highest BCUT2D eigenvalue weighted by atomic mass is 32.1. The molecule has 0 bridgehead atoms. The first-order valence-corrected chi connectivity index (χ1v) is 11.3. The van der Waals surface area contributed by atoms with Gasteiger partial charge in [-0.25, -0.2) is 9.37 Å². The van der Waals surface area contributed by atoms with E-state index < -0.39 is 0 Å². The molecule has 2 aromatic heterocycles. The predicted molar refractivity (Wildman–Crippen MR) is 130 cm³/mol. The summed E-state index contributed by atoms with van der Waals surface area (Å²) in [5.41, 5.74) is 3.83. The van der Waals surface area contributed by atoms with E-state index in [0.29, 0.717) is 15.8 Å². The van der Waals surface area contributed by atoms with Gasteiger partial charge in [0.15, 0.2) is 5.78 Å². The molecule has 162 valence electrons. The van der Waals surface area contributed by atoms with Gasteiger partial charge < -0.3 is 0 Å². The Kier molecular flexibility index (Phi) is 5.44. The van der Waals surface area contributed by atoms with Gasteiger partial charge in [0.05, 0.1) is 18.3 Å². The minimum atomic E-state index is -0.338. The van der Waals surface area contributed by atoms with Crippen molar-refractivity contribution in [2.24, 2.45) is 0 Å². The van der Waals surface area contributed by atoms with Crippen LogP contribution in [0.1, 0.15) is 15.2 Å². The molecule has 0 atom stereocenters. The highest BCUT2D eigenvalue weighted by molar-refractivity contribution is 7.19. The summed E-state index contributed by atoms with van der Waals surface area (Å²) in [6.45, 7) is 1.80. The maximum Gasteiger partial charge on any atom is 0.263 e. The van der Waals surface area contributed by atoms with Crippen LogP contribution in [0.2, 0.25) is 0 Å². The number of rotatable bonds is 5. The third kappa shape index (κ3) is 4.01. The number of carbonyl (C=O) groups excluding carboxylic acids is 1. The first-order valence-electron chi connectivity index (χ1n) is 10.4. The van der Waals surface area contributed by atoms with Crippen LogP contribution in [0.25, 0.3) is 32.5 Å². The molecular weight excluding hydrogens is 435 g/mol. The number of benzene rings is 3. The number of ketones is 1. The normalized spacial score (nSPS) is 11.1. The lowest BCUT2D eigenvalue weighted by Crippen LogP contribution is -2.24. The topological polar surface area (TPSA) is 52.0 Å². The van der Waals surface area contributed by atoms with Gasteiger partial charge in [0.2, 0.25) is 0 Å². The molecule has 0 aliphatic rings. The average Bonchev–Trinajstić information content (AvgIpc) is 3.18. The van der Waals surface area contributed by atoms with Crippen LogP contribution in [-0.2, 0) is 6.54 Å². The number of nitrogens with zero attached hydrogens (tertiary/aromatic N) is 2. The second-order valence-electron chi connectivity index (χ2n) is 7.76. The van der Waals surface area contributed by atoms with E-state index in [-0.39, 0.29) is 23.7 Å². The van der Waals surface area contributed by atoms with E-state index in [1.54, 1.807) is 24.3 Å². The van der Waals surface area contributed by atoms with Gasteiger partial charge in [-0.15, -0.1) is 11.3 Å². The standard InChI is InChI=1S/C27H19FN2O2S/c1-17-24(21-11-13-22(28)14-12-21)25-26(33-17)29-16-30(27(25)32)15-23(31)20-9-7-19(8-10-20)18-5-3-2-4-6-18/h2-14,16H,15H2,1H3. The number of hydrogen-bond acceptors (Lipinski definition) is 4. The number of aryl methyl sites for hydroxylation is 1. The molecular formula is C27H19FN2O2S. The fraction of sp³-hybridized carbons (Fsp3) is 0.0741. The summed E-state index contributed by atoms with van der Waals surface area (Å²) in [4.78, 5) is 32.2. The van der Waals surface area contributed by atoms with Crippen molar-refractivity contribution in [1.82, 2.24) is 9.55 Å². The van der Waals surface area contributed by atoms with E-state index >= 15 is 0 Å². The lowest BCUT2D eigenvalue weighted by molar-refractivity contribution is 0.0970. The molecule has 2 heterocycles. The number of halogens is 1. The SMILES string of the molecule is Cc1sc2ncn(CC(=O)c3ccc(-c4ccccc4)cc3)c(=O)c2c1-c1ccc(F)cc1. The van der Waals surface area contributed by atoms with Gasteiger partial charge in [-0.1, -0.05) is 66.7 Å². The summed E-state index contributed by atoms with van der Waals surface area (Å²) >= 11 is 1.41. The Morgan fingerprint density at radius 2 is 1.55 bits per heavy atom. The second-order valence-corrected chi connectivity index (χ2v) is 8.97. The molecule has 0 aliphatic carbocycles. The summed E-state index contributed by atoms with van der Waals surface area (Å²) in [6, 6.07) is 23.3. The summed E-state index contributed by atoms with van der Waals surface area (Å²) in [6.07, 6.45) is 1.42. The van der Waals surface area contributed by atoms with E-state index in [0.717, 1.165) is 27.1 Å². The Hall–Kier alpha value is -3.90. The highest BCUT2D eigenvalue weighted by Crippen LogP contribution is 2.35. The van der Waals surface area contributed by atoms with Gasteiger partial charge in [-0.3, -0.25) is 14.2 Å². The molecule has 0 radical (unpaired) electrons. The molecule has 0 unspecified atom stereocenters. The van der Waals surface area contributed by atoms with Crippen molar-refractivity contribution >= 4 is 27.3 Å². The molecule has 0 fully saturated rings. The first kappa shape index (κ1) is 21.0. The summed E-state index contributed by atoms with van der Waals surface area (Å²) in [5, 5.41) is 0.457. The number of carbonyl (C=O) groups is 1. The van der Waals surface area contributed by atoms with Crippen LogP contribution in [0.4, 0.5) is 4.39 Å². The van der Waals surface area contributed by atoms with Gasteiger partial charge in [0.25, 0.3) is 5.56 Å². The van der Waals surface area contributed by atoms with Crippen molar-refractivity contribution in [3.8, 4) is 22.3 Å². The van der Waals surface area contributed by atoms with Crippen molar-refractivity contribution in [3.05, 3.63) is 112 Å². The Morgan fingerprint density at radius 1 is 0.909 bits per heavy atom. The molecule has 6 heteroatoms. The number of Topliss-reactive ketones (excluding diaryl/α,β-unsaturated/α-hetero) is 1. The molecule has 0 aliphatic heterocycles. The average molecular weight is 455 g/mol. The van der Waals surface area contributed by atoms with Crippen molar-refractivity contribution in [3.63, 3.8) is 0 Å². The van der Waals surface area contributed by atoms with E-state index in [4.69, 9.17) is 0 Å². The van der Waals surface area contributed by atoms with Crippen molar-refractivity contribution in [1.29, 1.82) is 0 Å². The zero-order valence-corrected chi connectivity index (χ0v) is 18.6. The minimum Gasteiger partial charge on any atom is -0.292 e. The first-order chi connectivity index (χ1) is 16.0. The summed E-state index contributed by atoms with van der Waals surface area (Å²) in [5.74, 6) is -0.511. The number of fused-ring (bicyclic) bond motifs is 1. The lowest BCUT2D eigenvalue weighted by Gasteiger charge is -2.07. The number of hydrogen-bond donors (Lipinski definition) is 0. The zero-order chi connectivity index (χ0) is 22.9. The fourth-order valence-electron chi connectivity index (χ4n) is 3.94. The molecule has 5 aromatic rings. The van der Waals surface area contributed by atoms with Gasteiger partial charge >= 0.3 is 0 Å². The van der Waals surface area contributed by atoms with Crippen molar-refractivity contribution in [2.75, 3.05) is 0 Å². The van der Waals surface area contributed by atoms with E-state index in [2.05, 4.69) is 4.98 Å². The largest absolute Gasteiger partial charge is 0.292 e. The second kappa shape index (κ2) is 8.56. The van der Waals surface area contributed by atoms with Gasteiger partial charge in [0, 0.05) is 16.0 Å². The van der Waals surface area contributed by atoms with Crippen molar-refractivity contribution in [2.45, 2.75) is 13.5 Å². The molecule has 0 amide bonds. The number of thiophene rings is 1. The maximum absolute atomic E-state index is 13.4. The third-order valence-electron chi connectivity index (χ3n) is 5.62. The van der Waals surface area contributed by atoms with E-state index in [1.807, 2.05) is 49.4 Å². The molecule has 5 rings (SSSR count). The van der Waals surface area contributed by atoms with E-state index in [9.17, 15) is 14.0 Å². The van der Waals surface area contributed by atoms with Crippen LogP contribution in [0.5, 0.6) is 0 Å². The predicted octanol–water partition coefficient (Wildman–Crippen LogP) is 6.12. The molecule has 3 aromatic carbocycles. The maximum atomic E-state index is 13.4. The van der Waals surface area contributed by atoms with E-state index in [1.165, 1.54) is 34.4 Å². The fourth-order valence-corrected chi connectivity index (χ4v) is 4.94. The van der Waals surface area contributed by atoms with Crippen LogP contribution in [0.15, 0.2) is 90.0 Å². The van der Waals surface area contributed by atoms with Crippen LogP contribution >= 0.6 is 11.3 Å². The highest BCUT2D eigenvalue weighted by Gasteiger charge is 2.18. The van der Waals surface area contributed by atoms with Crippen molar-refractivity contribution < 1.29 is 9.18 Å². The molecule has 33 heavy (non-hydrogen) atoms. The van der Waals surface area contributed by atoms with Gasteiger partial charge in [-0.05, 0) is 35.7 Å².